The molecule has 0 amide bonds. The molecule has 0 aromatic carbocycles. The van der Waals surface area contributed by atoms with Gasteiger partial charge in [0.1, 0.15) is 0 Å². The smallest absolute Gasteiger partial charge is 0.0175 e. The van der Waals surface area contributed by atoms with Gasteiger partial charge in [-0.2, -0.15) is 0 Å². The Morgan fingerprint density at radius 1 is 1.86 bits per heavy atom. The predicted octanol–water partition coefficient (Wildman–Crippen LogP) is 2.71. The molecule has 0 aliphatic carbocycles. The highest BCUT2D eigenvalue weighted by Gasteiger charge is 1.79. The van der Waals surface area contributed by atoms with Crippen LogP contribution in [-0.2, 0) is 0 Å². The molecule has 0 saturated carbocycles. The highest BCUT2D eigenvalue weighted by atomic mass is 35.5. The van der Waals surface area contributed by atoms with E-state index in [4.69, 9.17) is 11.6 Å². The van der Waals surface area contributed by atoms with E-state index in [-0.39, 0.29) is 0 Å². The molecule has 0 spiro atoms. The number of halogens is 1. The van der Waals surface area contributed by atoms with Crippen molar-refractivity contribution in [2.24, 2.45) is 0 Å². The van der Waals surface area contributed by atoms with E-state index in [1.807, 2.05) is 13.0 Å². The summed E-state index contributed by atoms with van der Waals surface area (Å²) in [6.45, 7) is 5.43. The lowest BCUT2D eigenvalue weighted by Gasteiger charge is -1.84. The molecule has 0 aromatic heterocycles. The van der Waals surface area contributed by atoms with E-state index in [9.17, 15) is 0 Å². The first-order valence-electron chi connectivity index (χ1n) is 2.23. The van der Waals surface area contributed by atoms with Crippen LogP contribution in [0, 0.1) is 0 Å². The van der Waals surface area contributed by atoms with Crippen LogP contribution in [0.25, 0.3) is 0 Å². The van der Waals surface area contributed by atoms with Gasteiger partial charge in [-0.05, 0) is 6.92 Å². The van der Waals surface area contributed by atoms with E-state index in [0.29, 0.717) is 0 Å². The molecule has 0 saturated heterocycles. The molecule has 0 atom stereocenters. The fourth-order valence-electron chi connectivity index (χ4n) is 0.256. The topological polar surface area (TPSA) is 0 Å². The van der Waals surface area contributed by atoms with Crippen LogP contribution in [0.4, 0.5) is 0 Å². The van der Waals surface area contributed by atoms with E-state index in [1.54, 1.807) is 6.08 Å². The third-order valence-corrected chi connectivity index (χ3v) is 1.03. The minimum absolute atomic E-state index is 0.790. The van der Waals surface area contributed by atoms with Crippen molar-refractivity contribution < 1.29 is 0 Å². The predicted molar refractivity (Wildman–Crippen MR) is 34.4 cm³/mol. The molecule has 0 nitrogen and oxygen atoms in total. The molecule has 0 radical (unpaired) electrons. The minimum Gasteiger partial charge on any atom is -0.103 e. The lowest BCUT2D eigenvalue weighted by atomic mass is 10.4. The maximum atomic E-state index is 5.56. The zero-order valence-electron chi connectivity index (χ0n) is 4.45. The molecule has 40 valence electrons. The third-order valence-electron chi connectivity index (χ3n) is 0.653. The van der Waals surface area contributed by atoms with Crippen molar-refractivity contribution in [1.29, 1.82) is 0 Å². The zero-order chi connectivity index (χ0) is 5.70. The zero-order valence-corrected chi connectivity index (χ0v) is 5.20. The maximum Gasteiger partial charge on any atom is 0.0175 e. The number of hydrogen-bond donors (Lipinski definition) is 0. The van der Waals surface area contributed by atoms with E-state index in [0.717, 1.165) is 11.5 Å². The van der Waals surface area contributed by atoms with Crippen LogP contribution in [0.3, 0.4) is 0 Å². The van der Waals surface area contributed by atoms with Crippen molar-refractivity contribution in [3.63, 3.8) is 0 Å². The number of allylic oxidation sites excluding steroid dienone is 3. The Morgan fingerprint density at radius 3 is 2.57 bits per heavy atom. The Morgan fingerprint density at radius 2 is 2.43 bits per heavy atom. The summed E-state index contributed by atoms with van der Waals surface area (Å²) in [6, 6.07) is 0. The van der Waals surface area contributed by atoms with Gasteiger partial charge >= 0.3 is 0 Å². The number of hydrogen-bond acceptors (Lipinski definition) is 0. The van der Waals surface area contributed by atoms with Gasteiger partial charge in [0.25, 0.3) is 0 Å². The molecule has 0 N–H and O–H groups in total. The molecule has 0 aliphatic rings. The van der Waals surface area contributed by atoms with Gasteiger partial charge in [-0.15, -0.1) is 6.58 Å². The monoisotopic (exact) mass is 116 g/mol. The van der Waals surface area contributed by atoms with E-state index in [1.165, 1.54) is 0 Å². The highest BCUT2D eigenvalue weighted by molar-refractivity contribution is 6.29. The average Bonchev–Trinajstić information content (AvgIpc) is 1.68. The van der Waals surface area contributed by atoms with Gasteiger partial charge in [-0.3, -0.25) is 0 Å². The summed E-state index contributed by atoms with van der Waals surface area (Å²) in [6.07, 6.45) is 4.43. The van der Waals surface area contributed by atoms with Gasteiger partial charge in [0.2, 0.25) is 0 Å². The first kappa shape index (κ1) is 6.77. The molecule has 0 unspecified atom stereocenters. The fourth-order valence-corrected chi connectivity index (χ4v) is 0.365. The van der Waals surface area contributed by atoms with Crippen molar-refractivity contribution in [1.82, 2.24) is 0 Å². The van der Waals surface area contributed by atoms with Crippen molar-refractivity contribution >= 4 is 11.6 Å². The van der Waals surface area contributed by atoms with E-state index < -0.39 is 0 Å². The van der Waals surface area contributed by atoms with Crippen LogP contribution in [-0.4, -0.2) is 0 Å². The second kappa shape index (κ2) is 3.94. The normalized spacial score (nSPS) is 11.4. The van der Waals surface area contributed by atoms with Crippen LogP contribution >= 0.6 is 11.6 Å². The van der Waals surface area contributed by atoms with Crippen LogP contribution in [0.2, 0.25) is 0 Å². The number of rotatable bonds is 2. The van der Waals surface area contributed by atoms with Gasteiger partial charge in [-0.1, -0.05) is 23.8 Å². The van der Waals surface area contributed by atoms with Crippen molar-refractivity contribution in [3.8, 4) is 0 Å². The molecule has 1 heteroatoms. The standard InChI is InChI=1S/C6H9Cl/c1-3-5-6(7)4-2/h3-4H,1,5H2,2H3. The SMILES string of the molecule is C=CCC(Cl)=CC. The first-order valence-corrected chi connectivity index (χ1v) is 2.60. The summed E-state index contributed by atoms with van der Waals surface area (Å²) in [5.74, 6) is 0. The lowest BCUT2D eigenvalue weighted by Crippen LogP contribution is -1.61. The summed E-state index contributed by atoms with van der Waals surface area (Å²) in [5, 5.41) is 0.856. The molecular formula is C6H9Cl. The molecule has 0 fully saturated rings. The Labute approximate surface area is 49.5 Å². The summed E-state index contributed by atoms with van der Waals surface area (Å²) in [5.41, 5.74) is 0. The van der Waals surface area contributed by atoms with Crippen molar-refractivity contribution in [2.75, 3.05) is 0 Å². The molecular weight excluding hydrogens is 108 g/mol. The first-order chi connectivity index (χ1) is 3.31. The van der Waals surface area contributed by atoms with E-state index in [2.05, 4.69) is 6.58 Å². The second-order valence-electron chi connectivity index (χ2n) is 1.23. The Balaban J connectivity index is 3.36. The fraction of sp³-hybridized carbons (Fsp3) is 0.333. The Kier molecular flexibility index (Phi) is 3.81. The molecule has 0 aromatic rings. The Hall–Kier alpha value is -0.230. The molecule has 7 heavy (non-hydrogen) atoms. The highest BCUT2D eigenvalue weighted by Crippen LogP contribution is 2.05. The van der Waals surface area contributed by atoms with Crippen molar-refractivity contribution in [3.05, 3.63) is 23.8 Å². The van der Waals surface area contributed by atoms with Gasteiger partial charge < -0.3 is 0 Å². The van der Waals surface area contributed by atoms with Crippen LogP contribution < -0.4 is 0 Å². The van der Waals surface area contributed by atoms with Crippen LogP contribution in [0.15, 0.2) is 23.8 Å². The molecule has 0 rings (SSSR count). The van der Waals surface area contributed by atoms with Crippen LogP contribution in [0.1, 0.15) is 13.3 Å². The van der Waals surface area contributed by atoms with Crippen LogP contribution in [0.5, 0.6) is 0 Å². The molecule has 0 bridgehead atoms. The van der Waals surface area contributed by atoms with Gasteiger partial charge in [-0.25, -0.2) is 0 Å². The van der Waals surface area contributed by atoms with Crippen molar-refractivity contribution in [2.45, 2.75) is 13.3 Å². The average molecular weight is 117 g/mol. The molecule has 0 heterocycles. The summed E-state index contributed by atoms with van der Waals surface area (Å²) >= 11 is 5.56. The third kappa shape index (κ3) is 3.60. The lowest BCUT2D eigenvalue weighted by molar-refractivity contribution is 1.35. The van der Waals surface area contributed by atoms with Gasteiger partial charge in [0.15, 0.2) is 0 Å². The summed E-state index contributed by atoms with van der Waals surface area (Å²) < 4.78 is 0. The van der Waals surface area contributed by atoms with Gasteiger partial charge in [0.05, 0.1) is 0 Å². The molecule has 0 aliphatic heterocycles. The second-order valence-corrected chi connectivity index (χ2v) is 1.71. The largest absolute Gasteiger partial charge is 0.103 e. The maximum absolute atomic E-state index is 5.56. The van der Waals surface area contributed by atoms with Gasteiger partial charge in [0, 0.05) is 11.5 Å². The van der Waals surface area contributed by atoms with E-state index >= 15 is 0 Å². The Bertz CT molecular complexity index is 82.2. The summed E-state index contributed by atoms with van der Waals surface area (Å²) in [7, 11) is 0. The quantitative estimate of drug-likeness (QED) is 0.487. The minimum atomic E-state index is 0.790. The summed E-state index contributed by atoms with van der Waals surface area (Å²) in [4.78, 5) is 0.